The number of carboxylic acid groups (broad SMARTS) is 1. The van der Waals surface area contributed by atoms with Gasteiger partial charge in [-0.2, -0.15) is 0 Å². The van der Waals surface area contributed by atoms with Crippen LogP contribution in [0.2, 0.25) is 0 Å². The average Bonchev–Trinajstić information content (AvgIpc) is 2.88. The smallest absolute Gasteiger partial charge is 0.317 e. The number of carboxylic acids is 1. The number of aliphatic carboxylic acids is 1. The van der Waals surface area contributed by atoms with Gasteiger partial charge in [-0.3, -0.25) is 4.79 Å². The second-order valence-electron chi connectivity index (χ2n) is 6.37. The van der Waals surface area contributed by atoms with Gasteiger partial charge in [0, 0.05) is 0 Å². The maximum Gasteiger partial charge on any atom is 0.317 e. The zero-order valence-corrected chi connectivity index (χ0v) is 12.9. The van der Waals surface area contributed by atoms with Gasteiger partial charge in [0.15, 0.2) is 0 Å². The zero-order valence-electron chi connectivity index (χ0n) is 12.9. The van der Waals surface area contributed by atoms with Gasteiger partial charge >= 0.3 is 5.97 Å². The van der Waals surface area contributed by atoms with Crippen LogP contribution in [-0.2, 0) is 10.2 Å². The fourth-order valence-corrected chi connectivity index (χ4v) is 3.58. The molecule has 0 saturated heterocycles. The van der Waals surface area contributed by atoms with Crippen LogP contribution in [-0.4, -0.2) is 47.3 Å². The Hall–Kier alpha value is -1.39. The van der Waals surface area contributed by atoms with Gasteiger partial charge in [-0.25, -0.2) is 0 Å². The third kappa shape index (κ3) is 2.83. The largest absolute Gasteiger partial charge is 0.480 e. The number of rotatable bonds is 6. The van der Waals surface area contributed by atoms with Crippen molar-refractivity contribution in [1.82, 2.24) is 4.90 Å². The highest BCUT2D eigenvalue weighted by molar-refractivity contribution is 5.83. The van der Waals surface area contributed by atoms with Gasteiger partial charge in [0.25, 0.3) is 0 Å². The number of carbonyl (C=O) groups is 1. The average molecular weight is 291 g/mol. The summed E-state index contributed by atoms with van der Waals surface area (Å²) >= 11 is 0. The predicted molar refractivity (Wildman–Crippen MR) is 82.3 cm³/mol. The number of nitrogens with zero attached hydrogens (tertiary/aromatic N) is 1. The van der Waals surface area contributed by atoms with Crippen molar-refractivity contribution in [2.45, 2.75) is 43.1 Å². The molecule has 0 heterocycles. The van der Waals surface area contributed by atoms with Crippen molar-refractivity contribution in [2.24, 2.45) is 0 Å². The molecule has 1 atom stereocenters. The van der Waals surface area contributed by atoms with E-state index in [0.717, 1.165) is 12.8 Å². The highest BCUT2D eigenvalue weighted by atomic mass is 16.4. The Morgan fingerprint density at radius 2 is 1.81 bits per heavy atom. The molecule has 1 fully saturated rings. The zero-order chi connectivity index (χ0) is 15.5. The van der Waals surface area contributed by atoms with E-state index >= 15 is 0 Å². The minimum absolute atomic E-state index is 0.413. The highest BCUT2D eigenvalue weighted by Gasteiger charge is 2.57. The summed E-state index contributed by atoms with van der Waals surface area (Å²) in [5, 5.41) is 21.2. The Bertz CT molecular complexity index is 480. The fraction of sp³-hybridized carbons (Fsp3) is 0.588. The SMILES string of the molecule is CN(C)CCC(C(=O)O)(c1ccccc1)C1(O)CCCC1. The molecule has 0 spiro atoms. The fourth-order valence-electron chi connectivity index (χ4n) is 3.58. The van der Waals surface area contributed by atoms with Crippen molar-refractivity contribution >= 4 is 5.97 Å². The monoisotopic (exact) mass is 291 g/mol. The molecule has 21 heavy (non-hydrogen) atoms. The van der Waals surface area contributed by atoms with Gasteiger partial charge in [-0.1, -0.05) is 43.2 Å². The molecule has 2 N–H and O–H groups in total. The van der Waals surface area contributed by atoms with E-state index in [1.165, 1.54) is 0 Å². The third-order valence-corrected chi connectivity index (χ3v) is 4.79. The highest BCUT2D eigenvalue weighted by Crippen LogP contribution is 2.48. The molecule has 2 rings (SSSR count). The van der Waals surface area contributed by atoms with Gasteiger partial charge in [-0.15, -0.1) is 0 Å². The van der Waals surface area contributed by atoms with E-state index in [2.05, 4.69) is 0 Å². The molecule has 116 valence electrons. The second kappa shape index (κ2) is 6.16. The molecule has 1 aromatic carbocycles. The van der Waals surface area contributed by atoms with Crippen molar-refractivity contribution in [3.8, 4) is 0 Å². The lowest BCUT2D eigenvalue weighted by Crippen LogP contribution is -2.56. The Morgan fingerprint density at radius 3 is 2.29 bits per heavy atom. The Labute approximate surface area is 126 Å². The van der Waals surface area contributed by atoms with E-state index in [0.29, 0.717) is 31.4 Å². The molecule has 0 aromatic heterocycles. The van der Waals surface area contributed by atoms with E-state index in [1.807, 2.05) is 49.3 Å². The van der Waals surface area contributed by atoms with E-state index in [-0.39, 0.29) is 0 Å². The van der Waals surface area contributed by atoms with Gasteiger partial charge in [0.05, 0.1) is 5.60 Å². The Kier molecular flexibility index (Phi) is 4.69. The summed E-state index contributed by atoms with van der Waals surface area (Å²) in [6.07, 6.45) is 3.31. The van der Waals surface area contributed by atoms with Crippen LogP contribution in [0.5, 0.6) is 0 Å². The summed E-state index contributed by atoms with van der Waals surface area (Å²) in [5.41, 5.74) is -1.67. The van der Waals surface area contributed by atoms with Crippen LogP contribution < -0.4 is 0 Å². The summed E-state index contributed by atoms with van der Waals surface area (Å²) in [4.78, 5) is 14.2. The summed E-state index contributed by atoms with van der Waals surface area (Å²) < 4.78 is 0. The first kappa shape index (κ1) is 16.0. The lowest BCUT2D eigenvalue weighted by Gasteiger charge is -2.43. The van der Waals surface area contributed by atoms with Crippen LogP contribution in [0.4, 0.5) is 0 Å². The number of benzene rings is 1. The molecule has 4 nitrogen and oxygen atoms in total. The van der Waals surface area contributed by atoms with Crippen LogP contribution in [0.3, 0.4) is 0 Å². The predicted octanol–water partition coefficient (Wildman–Crippen LogP) is 2.27. The first-order valence-electron chi connectivity index (χ1n) is 7.58. The van der Waals surface area contributed by atoms with Gasteiger partial charge in [0.1, 0.15) is 5.41 Å². The Morgan fingerprint density at radius 1 is 1.24 bits per heavy atom. The summed E-state index contributed by atoms with van der Waals surface area (Å²) in [6, 6.07) is 9.24. The normalized spacial score (nSPS) is 20.4. The van der Waals surface area contributed by atoms with Crippen LogP contribution in [0, 0.1) is 0 Å². The van der Waals surface area contributed by atoms with Crippen LogP contribution >= 0.6 is 0 Å². The van der Waals surface area contributed by atoms with Crippen molar-refractivity contribution in [3.05, 3.63) is 35.9 Å². The molecule has 1 unspecified atom stereocenters. The van der Waals surface area contributed by atoms with Crippen molar-refractivity contribution in [2.75, 3.05) is 20.6 Å². The number of aliphatic hydroxyl groups is 1. The molecule has 0 amide bonds. The standard InChI is InChI=1S/C17H25NO3/c1-18(2)13-12-17(15(19)20,14-8-4-3-5-9-14)16(21)10-6-7-11-16/h3-5,8-9,21H,6-7,10-13H2,1-2H3,(H,19,20). The third-order valence-electron chi connectivity index (χ3n) is 4.79. The van der Waals surface area contributed by atoms with Gasteiger partial charge in [0.2, 0.25) is 0 Å². The maximum absolute atomic E-state index is 12.2. The first-order valence-corrected chi connectivity index (χ1v) is 7.58. The lowest BCUT2D eigenvalue weighted by molar-refractivity contribution is -0.158. The molecule has 4 heteroatoms. The topological polar surface area (TPSA) is 60.8 Å². The molecular formula is C17H25NO3. The summed E-state index contributed by atoms with van der Waals surface area (Å²) in [6.45, 7) is 0.628. The maximum atomic E-state index is 12.2. The molecule has 0 bridgehead atoms. The van der Waals surface area contributed by atoms with E-state index < -0.39 is 17.0 Å². The molecule has 1 aliphatic carbocycles. The van der Waals surface area contributed by atoms with E-state index in [4.69, 9.17) is 0 Å². The molecule has 1 aromatic rings. The second-order valence-corrected chi connectivity index (χ2v) is 6.37. The van der Waals surface area contributed by atoms with Crippen molar-refractivity contribution < 1.29 is 15.0 Å². The van der Waals surface area contributed by atoms with Crippen molar-refractivity contribution in [1.29, 1.82) is 0 Å². The number of hydrogen-bond donors (Lipinski definition) is 2. The van der Waals surface area contributed by atoms with Crippen molar-refractivity contribution in [3.63, 3.8) is 0 Å². The summed E-state index contributed by atoms with van der Waals surface area (Å²) in [5.74, 6) is -0.917. The van der Waals surface area contributed by atoms with E-state index in [9.17, 15) is 15.0 Å². The lowest BCUT2D eigenvalue weighted by atomic mass is 9.64. The number of hydrogen-bond acceptors (Lipinski definition) is 3. The minimum atomic E-state index is -1.23. The quantitative estimate of drug-likeness (QED) is 0.844. The first-order chi connectivity index (χ1) is 9.92. The Balaban J connectivity index is 2.51. The van der Waals surface area contributed by atoms with Gasteiger partial charge < -0.3 is 15.1 Å². The molecular weight excluding hydrogens is 266 g/mol. The van der Waals surface area contributed by atoms with E-state index in [1.54, 1.807) is 0 Å². The minimum Gasteiger partial charge on any atom is -0.480 e. The van der Waals surface area contributed by atoms with Crippen LogP contribution in [0.15, 0.2) is 30.3 Å². The molecule has 0 aliphatic heterocycles. The molecule has 1 saturated carbocycles. The molecule has 1 aliphatic rings. The van der Waals surface area contributed by atoms with Crippen LogP contribution in [0.1, 0.15) is 37.7 Å². The summed E-state index contributed by atoms with van der Waals surface area (Å²) in [7, 11) is 3.85. The van der Waals surface area contributed by atoms with Crippen LogP contribution in [0.25, 0.3) is 0 Å². The molecule has 0 radical (unpaired) electrons. The van der Waals surface area contributed by atoms with Gasteiger partial charge in [-0.05, 0) is 45.5 Å².